The van der Waals surface area contributed by atoms with E-state index in [1.807, 2.05) is 36.4 Å². The van der Waals surface area contributed by atoms with Crippen LogP contribution in [0, 0.1) is 6.92 Å². The van der Waals surface area contributed by atoms with Crippen LogP contribution in [0.2, 0.25) is 0 Å². The van der Waals surface area contributed by atoms with Crippen LogP contribution in [0.15, 0.2) is 58.8 Å². The lowest BCUT2D eigenvalue weighted by molar-refractivity contribution is 0.309. The summed E-state index contributed by atoms with van der Waals surface area (Å²) in [4.78, 5) is 4.50. The highest BCUT2D eigenvalue weighted by molar-refractivity contribution is 7.21. The first-order valence-electron chi connectivity index (χ1n) is 9.82. The average molecular weight is 406 g/mol. The van der Waals surface area contributed by atoms with Gasteiger partial charge in [0, 0.05) is 16.8 Å². The molecule has 0 aliphatic heterocycles. The smallest absolute Gasteiger partial charge is 0.231 e. The van der Waals surface area contributed by atoms with Gasteiger partial charge >= 0.3 is 0 Å². The molecule has 1 heterocycles. The van der Waals surface area contributed by atoms with Crippen molar-refractivity contribution in [1.82, 2.24) is 4.98 Å². The topological polar surface area (TPSA) is 67.1 Å². The molecule has 0 bridgehead atoms. The summed E-state index contributed by atoms with van der Waals surface area (Å²) in [7, 11) is 0. The zero-order valence-electron chi connectivity index (χ0n) is 16.6. The number of hydrogen-bond acceptors (Lipinski definition) is 6. The van der Waals surface area contributed by atoms with Gasteiger partial charge in [0.25, 0.3) is 0 Å². The van der Waals surface area contributed by atoms with E-state index in [9.17, 15) is 5.11 Å². The number of benzene rings is 3. The van der Waals surface area contributed by atoms with Crippen LogP contribution in [0.1, 0.15) is 31.7 Å². The zero-order chi connectivity index (χ0) is 20.2. The normalized spacial score (nSPS) is 11.7. The molecule has 0 unspecified atom stereocenters. The van der Waals surface area contributed by atoms with E-state index in [-0.39, 0.29) is 5.75 Å². The molecule has 0 aliphatic carbocycles. The number of nitrogens with zero attached hydrogens (tertiary/aromatic N) is 3. The summed E-state index contributed by atoms with van der Waals surface area (Å²) in [6.07, 6.45) is 3.26. The molecule has 1 N–H and O–H groups in total. The highest BCUT2D eigenvalue weighted by atomic mass is 32.1. The predicted octanol–water partition coefficient (Wildman–Crippen LogP) is 7.45. The Morgan fingerprint density at radius 1 is 1.03 bits per heavy atom. The number of hydrogen-bond donors (Lipinski definition) is 1. The van der Waals surface area contributed by atoms with E-state index in [1.165, 1.54) is 16.9 Å². The lowest BCUT2D eigenvalue weighted by Crippen LogP contribution is -1.97. The van der Waals surface area contributed by atoms with Gasteiger partial charge in [-0.15, -0.1) is 10.2 Å². The van der Waals surface area contributed by atoms with Crippen LogP contribution in [0.4, 0.5) is 10.8 Å². The van der Waals surface area contributed by atoms with Gasteiger partial charge < -0.3 is 9.84 Å². The highest BCUT2D eigenvalue weighted by Crippen LogP contribution is 2.41. The van der Waals surface area contributed by atoms with E-state index >= 15 is 0 Å². The van der Waals surface area contributed by atoms with Crippen molar-refractivity contribution in [1.29, 1.82) is 0 Å². The summed E-state index contributed by atoms with van der Waals surface area (Å²) >= 11 is 1.48. The minimum Gasteiger partial charge on any atom is -0.505 e. The minimum absolute atomic E-state index is 0.0993. The van der Waals surface area contributed by atoms with Gasteiger partial charge in [0.1, 0.15) is 11.4 Å². The molecule has 0 fully saturated rings. The van der Waals surface area contributed by atoms with Crippen molar-refractivity contribution < 1.29 is 9.84 Å². The number of rotatable bonds is 7. The third-order valence-electron chi connectivity index (χ3n) is 4.74. The number of aromatic nitrogens is 1. The molecule has 0 amide bonds. The molecule has 5 nitrogen and oxygen atoms in total. The number of aromatic hydroxyl groups is 1. The summed E-state index contributed by atoms with van der Waals surface area (Å²) in [5.41, 5.74) is 2.46. The third-order valence-corrected chi connectivity index (χ3v) is 5.64. The SMILES string of the molecule is CCCCCOc1cc(N=Nc2nc3ccc(C)cc3s2)c(O)c2ccccc12. The third kappa shape index (κ3) is 4.22. The van der Waals surface area contributed by atoms with Crippen LogP contribution in [-0.2, 0) is 0 Å². The van der Waals surface area contributed by atoms with Crippen LogP contribution in [0.3, 0.4) is 0 Å². The standard InChI is InChI=1S/C23H23N3O2S/c1-3-4-7-12-28-20-14-19(22(27)17-9-6-5-8-16(17)20)25-26-23-24-18-11-10-15(2)13-21(18)29-23/h5-6,8-11,13-14,27H,3-4,7,12H2,1-2H3. The largest absolute Gasteiger partial charge is 0.505 e. The Hall–Kier alpha value is -2.99. The fourth-order valence-electron chi connectivity index (χ4n) is 3.20. The predicted molar refractivity (Wildman–Crippen MR) is 119 cm³/mol. The van der Waals surface area contributed by atoms with Gasteiger partial charge in [-0.2, -0.15) is 0 Å². The summed E-state index contributed by atoms with van der Waals surface area (Å²) in [6, 6.07) is 15.5. The van der Waals surface area contributed by atoms with E-state index in [2.05, 4.69) is 35.1 Å². The van der Waals surface area contributed by atoms with E-state index in [1.54, 1.807) is 6.07 Å². The second-order valence-corrected chi connectivity index (χ2v) is 8.02. The van der Waals surface area contributed by atoms with Gasteiger partial charge in [-0.05, 0) is 31.0 Å². The van der Waals surface area contributed by atoms with Gasteiger partial charge in [0.2, 0.25) is 5.13 Å². The monoisotopic (exact) mass is 405 g/mol. The number of unbranched alkanes of at least 4 members (excludes halogenated alkanes) is 2. The molecule has 0 atom stereocenters. The first kappa shape index (κ1) is 19.3. The first-order valence-corrected chi connectivity index (χ1v) is 10.6. The molecule has 6 heteroatoms. The van der Waals surface area contributed by atoms with Crippen molar-refractivity contribution in [3.8, 4) is 11.5 Å². The van der Waals surface area contributed by atoms with Gasteiger partial charge in [-0.25, -0.2) is 4.98 Å². The van der Waals surface area contributed by atoms with Crippen LogP contribution in [-0.4, -0.2) is 16.7 Å². The van der Waals surface area contributed by atoms with Crippen LogP contribution >= 0.6 is 11.3 Å². The summed E-state index contributed by atoms with van der Waals surface area (Å²) in [5, 5.41) is 21.4. The summed E-state index contributed by atoms with van der Waals surface area (Å²) < 4.78 is 7.08. The van der Waals surface area contributed by atoms with Crippen molar-refractivity contribution in [2.24, 2.45) is 10.2 Å². The first-order chi connectivity index (χ1) is 14.2. The Morgan fingerprint density at radius 2 is 1.86 bits per heavy atom. The molecule has 4 rings (SSSR count). The molecule has 4 aromatic rings. The van der Waals surface area contributed by atoms with Gasteiger partial charge in [-0.1, -0.05) is 61.4 Å². The molecular weight excluding hydrogens is 382 g/mol. The Balaban J connectivity index is 1.68. The second kappa shape index (κ2) is 8.57. The maximum Gasteiger partial charge on any atom is 0.231 e. The second-order valence-electron chi connectivity index (χ2n) is 7.01. The quantitative estimate of drug-likeness (QED) is 0.256. The molecule has 0 aliphatic rings. The van der Waals surface area contributed by atoms with E-state index < -0.39 is 0 Å². The van der Waals surface area contributed by atoms with E-state index in [0.717, 1.165) is 34.9 Å². The number of ether oxygens (including phenoxy) is 1. The van der Waals surface area contributed by atoms with Crippen molar-refractivity contribution in [3.05, 3.63) is 54.1 Å². The van der Waals surface area contributed by atoms with Crippen molar-refractivity contribution in [2.75, 3.05) is 6.61 Å². The Morgan fingerprint density at radius 3 is 2.69 bits per heavy atom. The number of phenols is 1. The molecule has 148 valence electrons. The molecule has 3 aromatic carbocycles. The Labute approximate surface area is 173 Å². The number of thiazole rings is 1. The molecule has 0 saturated heterocycles. The van der Waals surface area contributed by atoms with Gasteiger partial charge in [0.15, 0.2) is 5.75 Å². The molecule has 1 aromatic heterocycles. The molecule has 0 radical (unpaired) electrons. The van der Waals surface area contributed by atoms with Crippen LogP contribution in [0.25, 0.3) is 21.0 Å². The lowest BCUT2D eigenvalue weighted by Gasteiger charge is -2.11. The minimum atomic E-state index is 0.0993. The summed E-state index contributed by atoms with van der Waals surface area (Å²) in [6.45, 7) is 4.85. The maximum absolute atomic E-state index is 10.7. The number of aryl methyl sites for hydroxylation is 1. The van der Waals surface area contributed by atoms with E-state index in [0.29, 0.717) is 28.6 Å². The number of fused-ring (bicyclic) bond motifs is 2. The molecule has 29 heavy (non-hydrogen) atoms. The van der Waals surface area contributed by atoms with Gasteiger partial charge in [-0.3, -0.25) is 0 Å². The van der Waals surface area contributed by atoms with Crippen LogP contribution in [0.5, 0.6) is 11.5 Å². The van der Waals surface area contributed by atoms with E-state index in [4.69, 9.17) is 4.74 Å². The fraction of sp³-hybridized carbons (Fsp3) is 0.261. The van der Waals surface area contributed by atoms with Crippen molar-refractivity contribution >= 4 is 43.1 Å². The Kier molecular flexibility index (Phi) is 5.71. The van der Waals surface area contributed by atoms with Crippen molar-refractivity contribution in [3.63, 3.8) is 0 Å². The van der Waals surface area contributed by atoms with Gasteiger partial charge in [0.05, 0.1) is 16.8 Å². The molecule has 0 spiro atoms. The average Bonchev–Trinajstić information content (AvgIpc) is 3.14. The number of azo groups is 1. The maximum atomic E-state index is 10.7. The number of phenolic OH excluding ortho intramolecular Hbond substituents is 1. The molecule has 0 saturated carbocycles. The lowest BCUT2D eigenvalue weighted by atomic mass is 10.1. The highest BCUT2D eigenvalue weighted by Gasteiger charge is 2.12. The fourth-order valence-corrected chi connectivity index (χ4v) is 4.09. The van der Waals surface area contributed by atoms with Crippen LogP contribution < -0.4 is 4.74 Å². The Bertz CT molecular complexity index is 1180. The van der Waals surface area contributed by atoms with Crippen molar-refractivity contribution in [2.45, 2.75) is 33.1 Å². The summed E-state index contributed by atoms with van der Waals surface area (Å²) in [5.74, 6) is 0.811. The zero-order valence-corrected chi connectivity index (χ0v) is 17.4. The molecular formula is C23H23N3O2S.